The van der Waals surface area contributed by atoms with Crippen LogP contribution in [0.2, 0.25) is 0 Å². The number of carbonyl (C=O) groups is 3. The van der Waals surface area contributed by atoms with Gasteiger partial charge in [-0.3, -0.25) is 14.4 Å². The number of ketones is 1. The number of Topliss-reactive ketones (excluding diaryl/α,β-unsaturated/α-hetero) is 1. The number of anilines is 1. The number of halogens is 2. The maximum Gasteiger partial charge on any atom is 0.293 e. The standard InChI is InChI=1S/C20H17F2N3O3/c1-3-8-23-20(28)18(26)16-11(2)17(25-9-4-5-15(16)25)19(27)24-12-6-7-13(21)14(22)10-12/h1,6-7,10H,4-5,8-9H2,2H3,(H,23,28)(H,24,27). The highest BCUT2D eigenvalue weighted by Crippen LogP contribution is 2.30. The number of aromatic nitrogens is 1. The van der Waals surface area contributed by atoms with Gasteiger partial charge in [-0.15, -0.1) is 6.42 Å². The fourth-order valence-electron chi connectivity index (χ4n) is 3.40. The predicted octanol–water partition coefficient (Wildman–Crippen LogP) is 2.21. The fourth-order valence-corrected chi connectivity index (χ4v) is 3.40. The molecule has 0 aliphatic carbocycles. The first-order valence-corrected chi connectivity index (χ1v) is 8.59. The van der Waals surface area contributed by atoms with E-state index in [1.54, 1.807) is 11.5 Å². The summed E-state index contributed by atoms with van der Waals surface area (Å²) in [5.41, 5.74) is 1.44. The van der Waals surface area contributed by atoms with Gasteiger partial charge >= 0.3 is 0 Å². The number of hydrogen-bond donors (Lipinski definition) is 2. The van der Waals surface area contributed by atoms with E-state index in [0.717, 1.165) is 12.1 Å². The van der Waals surface area contributed by atoms with Crippen LogP contribution >= 0.6 is 0 Å². The number of hydrogen-bond acceptors (Lipinski definition) is 3. The van der Waals surface area contributed by atoms with Crippen LogP contribution in [-0.4, -0.2) is 28.7 Å². The summed E-state index contributed by atoms with van der Waals surface area (Å²) >= 11 is 0. The summed E-state index contributed by atoms with van der Waals surface area (Å²) in [6, 6.07) is 3.01. The van der Waals surface area contributed by atoms with Gasteiger partial charge in [-0.1, -0.05) is 5.92 Å². The second-order valence-corrected chi connectivity index (χ2v) is 6.35. The van der Waals surface area contributed by atoms with Crippen LogP contribution in [-0.2, 0) is 17.8 Å². The van der Waals surface area contributed by atoms with E-state index in [1.165, 1.54) is 6.07 Å². The molecular weight excluding hydrogens is 368 g/mol. The quantitative estimate of drug-likeness (QED) is 0.471. The Morgan fingerprint density at radius 2 is 2.00 bits per heavy atom. The van der Waals surface area contributed by atoms with Crippen molar-refractivity contribution in [1.29, 1.82) is 0 Å². The molecule has 1 aliphatic rings. The van der Waals surface area contributed by atoms with E-state index in [9.17, 15) is 23.2 Å². The minimum absolute atomic E-state index is 0.0801. The van der Waals surface area contributed by atoms with E-state index < -0.39 is 29.2 Å². The van der Waals surface area contributed by atoms with Crippen molar-refractivity contribution in [2.45, 2.75) is 26.3 Å². The van der Waals surface area contributed by atoms with Crippen LogP contribution in [0.15, 0.2) is 18.2 Å². The van der Waals surface area contributed by atoms with Crippen molar-refractivity contribution in [3.8, 4) is 12.3 Å². The van der Waals surface area contributed by atoms with Crippen molar-refractivity contribution in [2.24, 2.45) is 0 Å². The van der Waals surface area contributed by atoms with Gasteiger partial charge in [-0.25, -0.2) is 8.78 Å². The van der Waals surface area contributed by atoms with Gasteiger partial charge in [-0.2, -0.15) is 0 Å². The first-order valence-electron chi connectivity index (χ1n) is 8.59. The van der Waals surface area contributed by atoms with Gasteiger partial charge in [0.2, 0.25) is 0 Å². The number of terminal acetylenes is 1. The zero-order valence-electron chi connectivity index (χ0n) is 15.1. The van der Waals surface area contributed by atoms with Crippen LogP contribution in [0.5, 0.6) is 0 Å². The Balaban J connectivity index is 1.95. The Hall–Kier alpha value is -3.47. The molecule has 2 heterocycles. The van der Waals surface area contributed by atoms with E-state index in [2.05, 4.69) is 16.6 Å². The molecule has 1 aliphatic heterocycles. The molecule has 6 nitrogen and oxygen atoms in total. The van der Waals surface area contributed by atoms with E-state index in [1.807, 2.05) is 0 Å². The summed E-state index contributed by atoms with van der Waals surface area (Å²) in [5, 5.41) is 4.84. The molecule has 8 heteroatoms. The molecule has 28 heavy (non-hydrogen) atoms. The highest BCUT2D eigenvalue weighted by atomic mass is 19.2. The summed E-state index contributed by atoms with van der Waals surface area (Å²) in [4.78, 5) is 37.4. The van der Waals surface area contributed by atoms with Gasteiger partial charge in [0, 0.05) is 24.0 Å². The normalized spacial score (nSPS) is 12.2. The highest BCUT2D eigenvalue weighted by Gasteiger charge is 2.33. The first-order chi connectivity index (χ1) is 13.3. The summed E-state index contributed by atoms with van der Waals surface area (Å²) in [6.45, 7) is 2.01. The lowest BCUT2D eigenvalue weighted by molar-refractivity contribution is -0.116. The van der Waals surface area contributed by atoms with E-state index >= 15 is 0 Å². The summed E-state index contributed by atoms with van der Waals surface area (Å²) < 4.78 is 28.2. The van der Waals surface area contributed by atoms with Gasteiger partial charge in [-0.05, 0) is 37.5 Å². The molecule has 2 amide bonds. The van der Waals surface area contributed by atoms with E-state index in [4.69, 9.17) is 6.42 Å². The van der Waals surface area contributed by atoms with Gasteiger partial charge in [0.1, 0.15) is 5.69 Å². The number of amides is 2. The monoisotopic (exact) mass is 385 g/mol. The number of benzene rings is 1. The Bertz CT molecular complexity index is 1030. The number of carbonyl (C=O) groups excluding carboxylic acids is 3. The van der Waals surface area contributed by atoms with Crippen molar-refractivity contribution in [3.63, 3.8) is 0 Å². The Kier molecular flexibility index (Phi) is 5.27. The largest absolute Gasteiger partial charge is 0.340 e. The van der Waals surface area contributed by atoms with Gasteiger partial charge in [0.15, 0.2) is 11.6 Å². The van der Waals surface area contributed by atoms with E-state index in [-0.39, 0.29) is 23.5 Å². The molecule has 1 aromatic heterocycles. The molecular formula is C20H17F2N3O3. The first kappa shape index (κ1) is 19.3. The third-order valence-electron chi connectivity index (χ3n) is 4.59. The van der Waals surface area contributed by atoms with Gasteiger partial charge in [0.25, 0.3) is 17.6 Å². The van der Waals surface area contributed by atoms with Crippen molar-refractivity contribution >= 4 is 23.3 Å². The van der Waals surface area contributed by atoms with Crippen LogP contribution in [0.25, 0.3) is 0 Å². The molecule has 144 valence electrons. The van der Waals surface area contributed by atoms with Crippen LogP contribution in [0.1, 0.15) is 38.5 Å². The molecule has 0 spiro atoms. The second kappa shape index (κ2) is 7.64. The molecule has 3 rings (SSSR count). The van der Waals surface area contributed by atoms with Gasteiger partial charge in [0.05, 0.1) is 12.1 Å². The third kappa shape index (κ3) is 3.39. The zero-order chi connectivity index (χ0) is 20.4. The number of nitrogens with one attached hydrogen (secondary N) is 2. The lowest BCUT2D eigenvalue weighted by atomic mass is 10.0. The minimum Gasteiger partial charge on any atom is -0.340 e. The molecule has 0 radical (unpaired) electrons. The smallest absolute Gasteiger partial charge is 0.293 e. The molecule has 0 bridgehead atoms. The Morgan fingerprint density at radius 3 is 2.68 bits per heavy atom. The van der Waals surface area contributed by atoms with Crippen molar-refractivity contribution in [3.05, 3.63) is 52.3 Å². The SMILES string of the molecule is C#CCNC(=O)C(=O)c1c(C)c(C(=O)Nc2ccc(F)c(F)c2)n2c1CCC2. The number of fused-ring (bicyclic) bond motifs is 1. The number of nitrogens with zero attached hydrogens (tertiary/aromatic N) is 1. The average molecular weight is 385 g/mol. The van der Waals surface area contributed by atoms with Crippen LogP contribution in [0.4, 0.5) is 14.5 Å². The molecule has 2 aromatic rings. The summed E-state index contributed by atoms with van der Waals surface area (Å²) in [5.74, 6) is -2.06. The lowest BCUT2D eigenvalue weighted by Crippen LogP contribution is -2.32. The highest BCUT2D eigenvalue weighted by molar-refractivity contribution is 6.43. The molecule has 0 unspecified atom stereocenters. The average Bonchev–Trinajstić information content (AvgIpc) is 3.21. The van der Waals surface area contributed by atoms with Crippen molar-refractivity contribution < 1.29 is 23.2 Å². The minimum atomic E-state index is -1.09. The molecule has 0 atom stereocenters. The molecule has 2 N–H and O–H groups in total. The molecule has 1 aromatic carbocycles. The third-order valence-corrected chi connectivity index (χ3v) is 4.59. The molecule has 0 saturated heterocycles. The lowest BCUT2D eigenvalue weighted by Gasteiger charge is -2.09. The predicted molar refractivity (Wildman–Crippen MR) is 98.0 cm³/mol. The molecule has 0 fully saturated rings. The van der Waals surface area contributed by atoms with E-state index in [0.29, 0.717) is 30.6 Å². The maximum absolute atomic E-state index is 13.4. The summed E-state index contributed by atoms with van der Waals surface area (Å²) in [6.07, 6.45) is 6.35. The van der Waals surface area contributed by atoms with Crippen molar-refractivity contribution in [1.82, 2.24) is 9.88 Å². The zero-order valence-corrected chi connectivity index (χ0v) is 15.1. The maximum atomic E-state index is 13.4. The Labute approximate surface area is 159 Å². The molecule has 0 saturated carbocycles. The summed E-state index contributed by atoms with van der Waals surface area (Å²) in [7, 11) is 0. The van der Waals surface area contributed by atoms with Crippen molar-refractivity contribution in [2.75, 3.05) is 11.9 Å². The topological polar surface area (TPSA) is 80.2 Å². The second-order valence-electron chi connectivity index (χ2n) is 6.35. The fraction of sp³-hybridized carbons (Fsp3) is 0.250. The Morgan fingerprint density at radius 1 is 1.25 bits per heavy atom. The van der Waals surface area contributed by atoms with Gasteiger partial charge < -0.3 is 15.2 Å². The number of rotatable bonds is 5. The van der Waals surface area contributed by atoms with Crippen LogP contribution in [0, 0.1) is 30.9 Å². The van der Waals surface area contributed by atoms with Crippen LogP contribution < -0.4 is 10.6 Å². The van der Waals surface area contributed by atoms with Crippen LogP contribution in [0.3, 0.4) is 0 Å².